The van der Waals surface area contributed by atoms with Crippen molar-refractivity contribution in [2.24, 2.45) is 5.92 Å². The molecule has 3 aromatic heterocycles. The van der Waals surface area contributed by atoms with Crippen LogP contribution in [0.3, 0.4) is 0 Å². The Morgan fingerprint density at radius 1 is 1.34 bits per heavy atom. The van der Waals surface area contributed by atoms with Crippen LogP contribution in [0.5, 0.6) is 0 Å². The molecule has 0 fully saturated rings. The number of furan rings is 1. The van der Waals surface area contributed by atoms with Crippen LogP contribution >= 0.6 is 11.8 Å². The number of anilines is 1. The molecule has 3 heterocycles. The van der Waals surface area contributed by atoms with Gasteiger partial charge in [0, 0.05) is 29.4 Å². The lowest BCUT2D eigenvalue weighted by Gasteiger charge is -2.11. The molecule has 0 atom stereocenters. The molecule has 29 heavy (non-hydrogen) atoms. The maximum atomic E-state index is 9.59. The molecule has 0 saturated heterocycles. The number of rotatable bonds is 7. The Hall–Kier alpha value is -3.09. The molecule has 1 aromatic carbocycles. The number of fused-ring (bicyclic) bond motifs is 2. The smallest absolute Gasteiger partial charge is 0.175 e. The molecular formula is C20H21N7OS. The number of imidazole rings is 1. The summed E-state index contributed by atoms with van der Waals surface area (Å²) in [5.74, 6) is 0.915. The van der Waals surface area contributed by atoms with Gasteiger partial charge in [0.25, 0.3) is 0 Å². The number of aromatic nitrogens is 4. The molecule has 0 aliphatic carbocycles. The zero-order chi connectivity index (χ0) is 20.4. The quantitative estimate of drug-likeness (QED) is 0.447. The third-order valence-electron chi connectivity index (χ3n) is 4.47. The van der Waals surface area contributed by atoms with Gasteiger partial charge in [0.1, 0.15) is 18.0 Å². The highest BCUT2D eigenvalue weighted by molar-refractivity contribution is 7.99. The number of hydrogen-bond acceptors (Lipinski definition) is 8. The van der Waals surface area contributed by atoms with Crippen molar-refractivity contribution >= 4 is 39.7 Å². The van der Waals surface area contributed by atoms with E-state index in [-0.39, 0.29) is 0 Å². The van der Waals surface area contributed by atoms with E-state index in [0.29, 0.717) is 40.6 Å². The van der Waals surface area contributed by atoms with E-state index in [4.69, 9.17) is 10.2 Å². The first-order valence-corrected chi connectivity index (χ1v) is 10.1. The second-order valence-electron chi connectivity index (χ2n) is 7.10. The van der Waals surface area contributed by atoms with Crippen LogP contribution in [0.4, 0.5) is 5.82 Å². The minimum absolute atomic E-state index is 0.344. The first-order valence-electron chi connectivity index (χ1n) is 9.33. The predicted octanol–water partition coefficient (Wildman–Crippen LogP) is 3.42. The van der Waals surface area contributed by atoms with Gasteiger partial charge in [0.15, 0.2) is 22.1 Å². The van der Waals surface area contributed by atoms with Crippen LogP contribution < -0.4 is 11.1 Å². The molecule has 4 aromatic rings. The number of hydrogen-bond donors (Lipinski definition) is 2. The van der Waals surface area contributed by atoms with Gasteiger partial charge in [-0.15, -0.1) is 0 Å². The van der Waals surface area contributed by atoms with Crippen molar-refractivity contribution in [1.82, 2.24) is 24.8 Å². The van der Waals surface area contributed by atoms with Crippen LogP contribution in [0.15, 0.2) is 45.3 Å². The minimum atomic E-state index is 0.344. The largest absolute Gasteiger partial charge is 0.464 e. The zero-order valence-electron chi connectivity index (χ0n) is 16.2. The number of nitrogens with two attached hydrogens (primary N) is 1. The van der Waals surface area contributed by atoms with E-state index in [0.717, 1.165) is 28.5 Å². The molecule has 0 unspecified atom stereocenters. The van der Waals surface area contributed by atoms with E-state index in [1.165, 1.54) is 18.1 Å². The summed E-state index contributed by atoms with van der Waals surface area (Å²) in [4.78, 5) is 13.9. The summed E-state index contributed by atoms with van der Waals surface area (Å²) in [7, 11) is 0. The monoisotopic (exact) mass is 407 g/mol. The molecule has 0 bridgehead atoms. The fourth-order valence-corrected chi connectivity index (χ4v) is 4.08. The first kappa shape index (κ1) is 19.2. The van der Waals surface area contributed by atoms with Crippen molar-refractivity contribution < 1.29 is 4.42 Å². The molecule has 148 valence electrons. The van der Waals surface area contributed by atoms with E-state index in [1.807, 2.05) is 16.7 Å². The SMILES string of the molecule is CC(C)CNCCn1c(Sc2cc3ccoc3cc2C#N)nc2c(N)ncnc21. The summed E-state index contributed by atoms with van der Waals surface area (Å²) in [6.45, 7) is 6.72. The molecule has 8 nitrogen and oxygen atoms in total. The standard InChI is InChI=1S/C20H21N7OS/c1-12(2)10-23-4-5-27-19-17(18(22)24-11-25-19)26-20(27)29-16-8-13-3-6-28-15(13)7-14(16)9-21/h3,6-8,11-12,23H,4-5,10H2,1-2H3,(H2,22,24,25). The van der Waals surface area contributed by atoms with Crippen LogP contribution in [0.1, 0.15) is 19.4 Å². The van der Waals surface area contributed by atoms with Crippen molar-refractivity contribution in [3.63, 3.8) is 0 Å². The molecule has 3 N–H and O–H groups in total. The van der Waals surface area contributed by atoms with Crippen LogP contribution in [0.2, 0.25) is 0 Å². The summed E-state index contributed by atoms with van der Waals surface area (Å²) in [5, 5.41) is 14.7. The first-order chi connectivity index (χ1) is 14.1. The molecule has 9 heteroatoms. The second kappa shape index (κ2) is 8.11. The molecule has 0 amide bonds. The van der Waals surface area contributed by atoms with Crippen molar-refractivity contribution in [2.75, 3.05) is 18.8 Å². The van der Waals surface area contributed by atoms with Crippen molar-refractivity contribution in [1.29, 1.82) is 5.26 Å². The molecule has 0 radical (unpaired) electrons. The van der Waals surface area contributed by atoms with Gasteiger partial charge < -0.3 is 20.0 Å². The van der Waals surface area contributed by atoms with Gasteiger partial charge in [0.05, 0.1) is 11.8 Å². The number of benzene rings is 1. The Morgan fingerprint density at radius 3 is 3.00 bits per heavy atom. The summed E-state index contributed by atoms with van der Waals surface area (Å²) >= 11 is 1.42. The molecule has 0 saturated carbocycles. The van der Waals surface area contributed by atoms with Crippen LogP contribution in [-0.2, 0) is 6.54 Å². The second-order valence-corrected chi connectivity index (χ2v) is 8.10. The van der Waals surface area contributed by atoms with E-state index in [2.05, 4.69) is 40.2 Å². The van der Waals surface area contributed by atoms with Crippen molar-refractivity contribution in [3.05, 3.63) is 36.4 Å². The summed E-state index contributed by atoms with van der Waals surface area (Å²) < 4.78 is 7.43. The van der Waals surface area contributed by atoms with Gasteiger partial charge in [0.2, 0.25) is 0 Å². The minimum Gasteiger partial charge on any atom is -0.464 e. The van der Waals surface area contributed by atoms with E-state index < -0.39 is 0 Å². The summed E-state index contributed by atoms with van der Waals surface area (Å²) in [6, 6.07) is 7.82. The topological polar surface area (TPSA) is 119 Å². The number of nitrogens with zero attached hydrogens (tertiary/aromatic N) is 5. The average molecular weight is 408 g/mol. The Balaban J connectivity index is 1.72. The number of nitriles is 1. The third kappa shape index (κ3) is 3.90. The predicted molar refractivity (Wildman–Crippen MR) is 112 cm³/mol. The lowest BCUT2D eigenvalue weighted by atomic mass is 10.2. The highest BCUT2D eigenvalue weighted by Gasteiger charge is 2.18. The van der Waals surface area contributed by atoms with Crippen LogP contribution in [0.25, 0.3) is 22.1 Å². The van der Waals surface area contributed by atoms with E-state index in [9.17, 15) is 5.26 Å². The summed E-state index contributed by atoms with van der Waals surface area (Å²) in [6.07, 6.45) is 3.07. The highest BCUT2D eigenvalue weighted by atomic mass is 32.2. The molecule has 0 aliphatic rings. The van der Waals surface area contributed by atoms with Gasteiger partial charge >= 0.3 is 0 Å². The molecule has 4 rings (SSSR count). The Labute approximate surface area is 172 Å². The van der Waals surface area contributed by atoms with Gasteiger partial charge in [-0.05, 0) is 24.6 Å². The van der Waals surface area contributed by atoms with Crippen LogP contribution in [0, 0.1) is 17.2 Å². The maximum Gasteiger partial charge on any atom is 0.175 e. The third-order valence-corrected chi connectivity index (χ3v) is 5.52. The fourth-order valence-electron chi connectivity index (χ4n) is 3.05. The molecule has 0 spiro atoms. The lowest BCUT2D eigenvalue weighted by Crippen LogP contribution is -2.24. The Morgan fingerprint density at radius 2 is 2.21 bits per heavy atom. The van der Waals surface area contributed by atoms with Gasteiger partial charge in [-0.3, -0.25) is 0 Å². The average Bonchev–Trinajstić information content (AvgIpc) is 3.29. The van der Waals surface area contributed by atoms with E-state index >= 15 is 0 Å². The zero-order valence-corrected chi connectivity index (χ0v) is 17.0. The summed E-state index contributed by atoms with van der Waals surface area (Å²) in [5.41, 5.74) is 8.51. The molecule has 0 aliphatic heterocycles. The van der Waals surface area contributed by atoms with Crippen molar-refractivity contribution in [2.45, 2.75) is 30.4 Å². The van der Waals surface area contributed by atoms with Gasteiger partial charge in [-0.1, -0.05) is 25.6 Å². The van der Waals surface area contributed by atoms with Gasteiger partial charge in [-0.25, -0.2) is 15.0 Å². The molecular weight excluding hydrogens is 386 g/mol. The Kier molecular flexibility index (Phi) is 5.38. The Bertz CT molecular complexity index is 1200. The lowest BCUT2D eigenvalue weighted by molar-refractivity contribution is 0.516. The van der Waals surface area contributed by atoms with Crippen LogP contribution in [-0.4, -0.2) is 32.6 Å². The van der Waals surface area contributed by atoms with Gasteiger partial charge in [-0.2, -0.15) is 5.26 Å². The maximum absolute atomic E-state index is 9.59. The number of nitrogens with one attached hydrogen (secondary N) is 1. The van der Waals surface area contributed by atoms with E-state index in [1.54, 1.807) is 12.3 Å². The van der Waals surface area contributed by atoms with Crippen molar-refractivity contribution in [3.8, 4) is 6.07 Å². The normalized spacial score (nSPS) is 11.5. The highest BCUT2D eigenvalue weighted by Crippen LogP contribution is 2.35. The number of nitrogen functional groups attached to an aromatic ring is 1. The fraction of sp³-hybridized carbons (Fsp3) is 0.300.